The fraction of sp³-hybridized carbons (Fsp3) is 0.571. The molecule has 0 aromatic carbocycles. The number of aromatic nitrogens is 1. The van der Waals surface area contributed by atoms with E-state index < -0.39 is 0 Å². The van der Waals surface area contributed by atoms with E-state index in [4.69, 9.17) is 0 Å². The van der Waals surface area contributed by atoms with Crippen LogP contribution in [-0.2, 0) is 6.54 Å². The van der Waals surface area contributed by atoms with E-state index in [1.54, 1.807) is 0 Å². The van der Waals surface area contributed by atoms with Gasteiger partial charge in [0.1, 0.15) is 0 Å². The Labute approximate surface area is 82.8 Å². The Morgan fingerprint density at radius 3 is 2.83 bits per heavy atom. The Balaban J connectivity index is 2.56. The number of rotatable bonds is 4. The highest BCUT2D eigenvalue weighted by Crippen LogP contribution is 2.10. The summed E-state index contributed by atoms with van der Waals surface area (Å²) >= 11 is 4.34. The highest BCUT2D eigenvalue weighted by Gasteiger charge is 2.02. The molecule has 0 spiro atoms. The monoisotopic (exact) mass is 251 g/mol. The van der Waals surface area contributed by atoms with Crippen LogP contribution in [0, 0.1) is 0 Å². The standard InChI is InChI=1S/C7H10BrNO2S/c8-3-1-2-4-9-6(10)5-12-7(9)11/h5,10H,1-4H2. The lowest BCUT2D eigenvalue weighted by Crippen LogP contribution is -2.12. The third kappa shape index (κ3) is 2.35. The number of aromatic hydroxyl groups is 1. The van der Waals surface area contributed by atoms with E-state index in [2.05, 4.69) is 15.9 Å². The summed E-state index contributed by atoms with van der Waals surface area (Å²) in [6, 6.07) is 0. The zero-order valence-corrected chi connectivity index (χ0v) is 8.90. The van der Waals surface area contributed by atoms with Crippen molar-refractivity contribution >= 4 is 27.3 Å². The van der Waals surface area contributed by atoms with Crippen LogP contribution in [0.5, 0.6) is 5.88 Å². The Morgan fingerprint density at radius 2 is 2.33 bits per heavy atom. The molecule has 0 radical (unpaired) electrons. The molecule has 5 heteroatoms. The van der Waals surface area contributed by atoms with E-state index >= 15 is 0 Å². The Bertz CT molecular complexity index is 294. The molecule has 3 nitrogen and oxygen atoms in total. The first kappa shape index (κ1) is 9.80. The minimum atomic E-state index is -0.0814. The maximum atomic E-state index is 11.0. The summed E-state index contributed by atoms with van der Waals surface area (Å²) in [6.07, 6.45) is 1.93. The Hall–Kier alpha value is -0.290. The van der Waals surface area contributed by atoms with Crippen molar-refractivity contribution in [3.63, 3.8) is 0 Å². The van der Waals surface area contributed by atoms with Gasteiger partial charge in [-0.3, -0.25) is 9.36 Å². The SMILES string of the molecule is O=c1scc(O)n1CCCCBr. The van der Waals surface area contributed by atoms with Crippen LogP contribution < -0.4 is 4.87 Å². The second-order valence-electron chi connectivity index (χ2n) is 2.41. The molecule has 1 aromatic rings. The van der Waals surface area contributed by atoms with E-state index in [-0.39, 0.29) is 10.8 Å². The number of unbranched alkanes of at least 4 members (excludes halogenated alkanes) is 1. The van der Waals surface area contributed by atoms with Crippen molar-refractivity contribution in [3.8, 4) is 5.88 Å². The summed E-state index contributed by atoms with van der Waals surface area (Å²) in [7, 11) is 0. The summed E-state index contributed by atoms with van der Waals surface area (Å²) in [5.74, 6) is 0.0829. The molecule has 0 aliphatic rings. The lowest BCUT2D eigenvalue weighted by Gasteiger charge is -2.00. The maximum absolute atomic E-state index is 11.0. The van der Waals surface area contributed by atoms with E-state index in [0.717, 1.165) is 29.5 Å². The lowest BCUT2D eigenvalue weighted by atomic mass is 10.3. The molecule has 68 valence electrons. The average Bonchev–Trinajstić information content (AvgIpc) is 2.35. The van der Waals surface area contributed by atoms with E-state index in [9.17, 15) is 9.90 Å². The zero-order chi connectivity index (χ0) is 8.97. The smallest absolute Gasteiger partial charge is 0.309 e. The minimum absolute atomic E-state index is 0.0814. The van der Waals surface area contributed by atoms with Gasteiger partial charge in [-0.15, -0.1) is 0 Å². The van der Waals surface area contributed by atoms with Crippen LogP contribution in [0.25, 0.3) is 0 Å². The van der Waals surface area contributed by atoms with Gasteiger partial charge in [0.15, 0.2) is 0 Å². The molecule has 0 unspecified atom stereocenters. The molecular weight excluding hydrogens is 242 g/mol. The second kappa shape index (κ2) is 4.67. The molecule has 1 N–H and O–H groups in total. The van der Waals surface area contributed by atoms with Gasteiger partial charge in [0, 0.05) is 11.9 Å². The van der Waals surface area contributed by atoms with Crippen LogP contribution >= 0.6 is 27.3 Å². The molecule has 0 bridgehead atoms. The molecule has 12 heavy (non-hydrogen) atoms. The van der Waals surface area contributed by atoms with Crippen molar-refractivity contribution in [2.45, 2.75) is 19.4 Å². The van der Waals surface area contributed by atoms with E-state index in [1.165, 1.54) is 9.95 Å². The van der Waals surface area contributed by atoms with Crippen molar-refractivity contribution in [3.05, 3.63) is 15.0 Å². The molecular formula is C7H10BrNO2S. The number of alkyl halides is 1. The molecule has 0 aliphatic heterocycles. The molecule has 0 atom stereocenters. The first-order valence-corrected chi connectivity index (χ1v) is 5.69. The highest BCUT2D eigenvalue weighted by molar-refractivity contribution is 9.09. The molecule has 0 saturated carbocycles. The second-order valence-corrected chi connectivity index (χ2v) is 4.02. The quantitative estimate of drug-likeness (QED) is 0.655. The number of halogens is 1. The summed E-state index contributed by atoms with van der Waals surface area (Å²) in [4.78, 5) is 11.0. The van der Waals surface area contributed by atoms with Gasteiger partial charge >= 0.3 is 4.87 Å². The van der Waals surface area contributed by atoms with Crippen molar-refractivity contribution in [1.29, 1.82) is 0 Å². The van der Waals surface area contributed by atoms with Gasteiger partial charge in [-0.05, 0) is 12.8 Å². The first-order chi connectivity index (χ1) is 5.75. The number of thiazole rings is 1. The summed E-state index contributed by atoms with van der Waals surface area (Å²) in [5, 5.41) is 11.6. The van der Waals surface area contributed by atoms with Gasteiger partial charge in [0.05, 0.1) is 5.38 Å². The third-order valence-electron chi connectivity index (χ3n) is 1.53. The Morgan fingerprint density at radius 1 is 1.58 bits per heavy atom. The molecule has 0 amide bonds. The van der Waals surface area contributed by atoms with Gasteiger partial charge in [-0.1, -0.05) is 27.3 Å². The highest BCUT2D eigenvalue weighted by atomic mass is 79.9. The number of hydrogen-bond acceptors (Lipinski definition) is 3. The summed E-state index contributed by atoms with van der Waals surface area (Å²) < 4.78 is 1.40. The molecule has 1 aromatic heterocycles. The van der Waals surface area contributed by atoms with Crippen LogP contribution in [0.1, 0.15) is 12.8 Å². The van der Waals surface area contributed by atoms with Crippen LogP contribution in [0.15, 0.2) is 10.2 Å². The molecule has 0 fully saturated rings. The van der Waals surface area contributed by atoms with Crippen molar-refractivity contribution in [2.24, 2.45) is 0 Å². The topological polar surface area (TPSA) is 42.2 Å². The Kier molecular flexibility index (Phi) is 3.81. The molecule has 0 saturated heterocycles. The van der Waals surface area contributed by atoms with Crippen molar-refractivity contribution in [2.75, 3.05) is 5.33 Å². The van der Waals surface area contributed by atoms with Gasteiger partial charge in [-0.2, -0.15) is 0 Å². The van der Waals surface area contributed by atoms with E-state index in [1.807, 2.05) is 0 Å². The van der Waals surface area contributed by atoms with E-state index in [0.29, 0.717) is 6.54 Å². The van der Waals surface area contributed by atoms with Gasteiger partial charge in [-0.25, -0.2) is 0 Å². The molecule has 0 aliphatic carbocycles. The fourth-order valence-corrected chi connectivity index (χ4v) is 1.94. The lowest BCUT2D eigenvalue weighted by molar-refractivity contribution is 0.409. The van der Waals surface area contributed by atoms with Crippen LogP contribution in [0.2, 0.25) is 0 Å². The predicted molar refractivity (Wildman–Crippen MR) is 53.3 cm³/mol. The van der Waals surface area contributed by atoms with Crippen molar-refractivity contribution < 1.29 is 5.11 Å². The number of nitrogens with zero attached hydrogens (tertiary/aromatic N) is 1. The van der Waals surface area contributed by atoms with Crippen molar-refractivity contribution in [1.82, 2.24) is 4.57 Å². The molecule has 1 heterocycles. The normalized spacial score (nSPS) is 10.4. The van der Waals surface area contributed by atoms with Crippen LogP contribution in [0.4, 0.5) is 0 Å². The maximum Gasteiger partial charge on any atom is 0.309 e. The average molecular weight is 252 g/mol. The fourth-order valence-electron chi connectivity index (χ4n) is 0.894. The third-order valence-corrected chi connectivity index (χ3v) is 2.84. The predicted octanol–water partition coefficient (Wildman–Crippen LogP) is 1.79. The van der Waals surface area contributed by atoms with Gasteiger partial charge in [0.25, 0.3) is 0 Å². The molecule has 1 rings (SSSR count). The first-order valence-electron chi connectivity index (χ1n) is 3.69. The summed E-state index contributed by atoms with van der Waals surface area (Å²) in [6.45, 7) is 0.611. The zero-order valence-electron chi connectivity index (χ0n) is 6.49. The largest absolute Gasteiger partial charge is 0.494 e. The van der Waals surface area contributed by atoms with Crippen LogP contribution in [-0.4, -0.2) is 15.0 Å². The minimum Gasteiger partial charge on any atom is -0.494 e. The van der Waals surface area contributed by atoms with Gasteiger partial charge in [0.2, 0.25) is 5.88 Å². The summed E-state index contributed by atoms with van der Waals surface area (Å²) in [5.41, 5.74) is 0. The number of hydrogen-bond donors (Lipinski definition) is 1. The van der Waals surface area contributed by atoms with Gasteiger partial charge < -0.3 is 5.11 Å². The van der Waals surface area contributed by atoms with Crippen LogP contribution in [0.3, 0.4) is 0 Å².